The van der Waals surface area contributed by atoms with Crippen molar-refractivity contribution in [2.75, 3.05) is 31.8 Å². The van der Waals surface area contributed by atoms with Crippen molar-refractivity contribution in [3.63, 3.8) is 0 Å². The second kappa shape index (κ2) is 7.38. The Kier molecular flexibility index (Phi) is 5.49. The van der Waals surface area contributed by atoms with Crippen molar-refractivity contribution in [2.24, 2.45) is 0 Å². The molecule has 8 nitrogen and oxygen atoms in total. The fourth-order valence-corrected chi connectivity index (χ4v) is 5.13. The molecule has 1 aromatic rings. The number of hydrogen-bond acceptors (Lipinski definition) is 6. The number of fused-ring (bicyclic) bond motifs is 1. The van der Waals surface area contributed by atoms with Crippen molar-refractivity contribution < 1.29 is 22.8 Å². The zero-order valence-electron chi connectivity index (χ0n) is 14.4. The number of carbonyl (C=O) groups is 3. The first kappa shape index (κ1) is 20.1. The molecule has 3 rings (SSSR count). The Bertz CT molecular complexity index is 893. The van der Waals surface area contributed by atoms with E-state index in [1.807, 2.05) is 0 Å². The number of halogens is 2. The average molecular weight is 434 g/mol. The molecule has 1 fully saturated rings. The zero-order chi connectivity index (χ0) is 19.9. The van der Waals surface area contributed by atoms with Gasteiger partial charge in [-0.15, -0.1) is 0 Å². The Morgan fingerprint density at radius 2 is 1.78 bits per heavy atom. The van der Waals surface area contributed by atoms with Gasteiger partial charge in [-0.05, 0) is 25.6 Å². The molecule has 1 unspecified atom stereocenters. The molecule has 2 aliphatic heterocycles. The standard InChI is InChI=1S/C16H17Cl2N3O5S/c1-20(6-14(22)19-9-2-3-27(25,26)7-9)8-21-15(23)10-4-12(17)13(18)5-11(10)16(21)24/h4-5,9H,2-3,6-8H2,1H3,(H,19,22). The highest BCUT2D eigenvalue weighted by atomic mass is 35.5. The van der Waals surface area contributed by atoms with Crippen LogP contribution in [0.15, 0.2) is 12.1 Å². The molecule has 1 saturated heterocycles. The van der Waals surface area contributed by atoms with Gasteiger partial charge in [-0.2, -0.15) is 0 Å². The number of sulfone groups is 1. The van der Waals surface area contributed by atoms with Crippen LogP contribution in [0.1, 0.15) is 27.1 Å². The van der Waals surface area contributed by atoms with E-state index < -0.39 is 27.7 Å². The van der Waals surface area contributed by atoms with Crippen molar-refractivity contribution in [3.8, 4) is 0 Å². The molecule has 0 saturated carbocycles. The Morgan fingerprint density at radius 1 is 1.22 bits per heavy atom. The average Bonchev–Trinajstić information content (AvgIpc) is 3.00. The lowest BCUT2D eigenvalue weighted by molar-refractivity contribution is -0.122. The zero-order valence-corrected chi connectivity index (χ0v) is 16.7. The fourth-order valence-electron chi connectivity index (χ4n) is 3.13. The van der Waals surface area contributed by atoms with E-state index >= 15 is 0 Å². The fraction of sp³-hybridized carbons (Fsp3) is 0.438. The van der Waals surface area contributed by atoms with Crippen LogP contribution in [0, 0.1) is 0 Å². The molecule has 0 radical (unpaired) electrons. The number of carbonyl (C=O) groups excluding carboxylic acids is 3. The molecular weight excluding hydrogens is 417 g/mol. The van der Waals surface area contributed by atoms with Gasteiger partial charge in [-0.25, -0.2) is 8.42 Å². The van der Waals surface area contributed by atoms with Crippen molar-refractivity contribution in [2.45, 2.75) is 12.5 Å². The van der Waals surface area contributed by atoms with E-state index in [-0.39, 0.29) is 51.8 Å². The summed E-state index contributed by atoms with van der Waals surface area (Å²) >= 11 is 11.8. The van der Waals surface area contributed by atoms with E-state index in [1.165, 1.54) is 17.0 Å². The Labute approximate surface area is 166 Å². The number of likely N-dealkylation sites (N-methyl/N-ethyl adjacent to an activating group) is 1. The summed E-state index contributed by atoms with van der Waals surface area (Å²) in [4.78, 5) is 39.5. The summed E-state index contributed by atoms with van der Waals surface area (Å²) in [7, 11) is -1.51. The van der Waals surface area contributed by atoms with Gasteiger partial charge in [-0.3, -0.25) is 24.2 Å². The molecule has 146 valence electrons. The summed E-state index contributed by atoms with van der Waals surface area (Å²) in [6, 6.07) is 2.30. The molecule has 0 aliphatic carbocycles. The van der Waals surface area contributed by atoms with Gasteiger partial charge in [0.15, 0.2) is 9.84 Å². The largest absolute Gasteiger partial charge is 0.351 e. The van der Waals surface area contributed by atoms with E-state index in [0.29, 0.717) is 6.42 Å². The number of hydrogen-bond donors (Lipinski definition) is 1. The van der Waals surface area contributed by atoms with Crippen molar-refractivity contribution in [3.05, 3.63) is 33.3 Å². The van der Waals surface area contributed by atoms with Crippen LogP contribution in [0.5, 0.6) is 0 Å². The summed E-state index contributed by atoms with van der Waals surface area (Å²) in [5, 5.41) is 3.02. The molecule has 1 aromatic carbocycles. The molecule has 27 heavy (non-hydrogen) atoms. The molecule has 0 spiro atoms. The van der Waals surface area contributed by atoms with Crippen molar-refractivity contribution >= 4 is 50.8 Å². The summed E-state index contributed by atoms with van der Waals surface area (Å²) in [5.41, 5.74) is 0.340. The maximum atomic E-state index is 12.5. The molecule has 1 atom stereocenters. The maximum absolute atomic E-state index is 12.5. The van der Waals surface area contributed by atoms with Gasteiger partial charge in [0.05, 0.1) is 45.9 Å². The second-order valence-electron chi connectivity index (χ2n) is 6.67. The van der Waals surface area contributed by atoms with Crippen molar-refractivity contribution in [1.82, 2.24) is 15.1 Å². The molecule has 2 aliphatic rings. The van der Waals surface area contributed by atoms with Crippen LogP contribution in [0.25, 0.3) is 0 Å². The second-order valence-corrected chi connectivity index (χ2v) is 9.72. The number of nitrogens with one attached hydrogen (secondary N) is 1. The molecule has 1 N–H and O–H groups in total. The third-order valence-electron chi connectivity index (χ3n) is 4.41. The molecule has 11 heteroatoms. The Morgan fingerprint density at radius 3 is 2.26 bits per heavy atom. The summed E-state index contributed by atoms with van der Waals surface area (Å²) < 4.78 is 22.9. The first-order chi connectivity index (χ1) is 12.6. The maximum Gasteiger partial charge on any atom is 0.262 e. The Balaban J connectivity index is 1.60. The lowest BCUT2D eigenvalue weighted by atomic mass is 10.1. The van der Waals surface area contributed by atoms with Crippen LogP contribution < -0.4 is 5.32 Å². The van der Waals surface area contributed by atoms with Gasteiger partial charge < -0.3 is 5.32 Å². The monoisotopic (exact) mass is 433 g/mol. The van der Waals surface area contributed by atoms with Gasteiger partial charge in [0.25, 0.3) is 11.8 Å². The van der Waals surface area contributed by atoms with E-state index in [9.17, 15) is 22.8 Å². The SMILES string of the molecule is CN(CC(=O)NC1CCS(=O)(=O)C1)CN1C(=O)c2cc(Cl)c(Cl)cc2C1=O. The van der Waals surface area contributed by atoms with Gasteiger partial charge >= 0.3 is 0 Å². The summed E-state index contributed by atoms with van der Waals surface area (Å²) in [5.74, 6) is -1.40. The first-order valence-corrected chi connectivity index (χ1v) is 10.7. The molecule has 0 aromatic heterocycles. The number of nitrogens with zero attached hydrogens (tertiary/aromatic N) is 2. The number of amides is 3. The minimum absolute atomic E-state index is 0.0634. The van der Waals surface area contributed by atoms with Crippen LogP contribution in [0.3, 0.4) is 0 Å². The Hall–Kier alpha value is -1.68. The minimum Gasteiger partial charge on any atom is -0.351 e. The highest BCUT2D eigenvalue weighted by molar-refractivity contribution is 7.91. The van der Waals surface area contributed by atoms with Crippen LogP contribution in [0.4, 0.5) is 0 Å². The van der Waals surface area contributed by atoms with Crippen LogP contribution >= 0.6 is 23.2 Å². The van der Waals surface area contributed by atoms with E-state index in [4.69, 9.17) is 23.2 Å². The lowest BCUT2D eigenvalue weighted by Gasteiger charge is -2.23. The van der Waals surface area contributed by atoms with Crippen LogP contribution in [0.2, 0.25) is 10.0 Å². The quantitative estimate of drug-likeness (QED) is 0.688. The van der Waals surface area contributed by atoms with Crippen LogP contribution in [-0.4, -0.2) is 73.7 Å². The normalized spacial score (nSPS) is 21.0. The number of rotatable bonds is 5. The highest BCUT2D eigenvalue weighted by Gasteiger charge is 2.37. The number of benzene rings is 1. The van der Waals surface area contributed by atoms with Crippen molar-refractivity contribution in [1.29, 1.82) is 0 Å². The van der Waals surface area contributed by atoms with Gasteiger partial charge in [-0.1, -0.05) is 23.2 Å². The topological polar surface area (TPSA) is 104 Å². The first-order valence-electron chi connectivity index (χ1n) is 8.11. The predicted molar refractivity (Wildman–Crippen MR) is 99.7 cm³/mol. The minimum atomic E-state index is -3.09. The van der Waals surface area contributed by atoms with Gasteiger partial charge in [0, 0.05) is 6.04 Å². The smallest absolute Gasteiger partial charge is 0.262 e. The third-order valence-corrected chi connectivity index (χ3v) is 6.90. The lowest BCUT2D eigenvalue weighted by Crippen LogP contribution is -2.46. The van der Waals surface area contributed by atoms with Crippen LogP contribution in [-0.2, 0) is 14.6 Å². The highest BCUT2D eigenvalue weighted by Crippen LogP contribution is 2.31. The molecule has 0 bridgehead atoms. The third kappa shape index (κ3) is 4.26. The van der Waals surface area contributed by atoms with Gasteiger partial charge in [0.1, 0.15) is 0 Å². The van der Waals surface area contributed by atoms with Gasteiger partial charge in [0.2, 0.25) is 5.91 Å². The predicted octanol–water partition coefficient (Wildman–Crippen LogP) is 0.782. The molecular formula is C16H17Cl2N3O5S. The van der Waals surface area contributed by atoms with E-state index in [0.717, 1.165) is 4.90 Å². The molecule has 3 amide bonds. The molecule has 2 heterocycles. The van der Waals surface area contributed by atoms with E-state index in [1.54, 1.807) is 7.05 Å². The van der Waals surface area contributed by atoms with E-state index in [2.05, 4.69) is 5.32 Å². The summed E-state index contributed by atoms with van der Waals surface area (Å²) in [6.45, 7) is -0.191. The summed E-state index contributed by atoms with van der Waals surface area (Å²) in [6.07, 6.45) is 0.387. The number of imide groups is 1.